The van der Waals surface area contributed by atoms with Gasteiger partial charge in [0, 0.05) is 17.6 Å². The summed E-state index contributed by atoms with van der Waals surface area (Å²) < 4.78 is 5.38. The molecular formula is C19H21N3O3. The Balaban J connectivity index is 1.79. The number of hydrogen-bond donors (Lipinski definition) is 1. The van der Waals surface area contributed by atoms with Crippen molar-refractivity contribution in [2.75, 3.05) is 19.7 Å². The molecule has 4 rings (SSSR count). The topological polar surface area (TPSA) is 85.5 Å². The SMILES string of the molecule is NC(=O)[C@@H]1CN(C(=O)c2c3c(nc4ccccc24)CCCC3)CCO1. The first-order chi connectivity index (χ1) is 12.1. The number of amides is 2. The highest BCUT2D eigenvalue weighted by Crippen LogP contribution is 2.30. The van der Waals surface area contributed by atoms with E-state index in [0.29, 0.717) is 13.2 Å². The Kier molecular flexibility index (Phi) is 4.13. The van der Waals surface area contributed by atoms with E-state index in [1.807, 2.05) is 24.3 Å². The first-order valence-corrected chi connectivity index (χ1v) is 8.76. The Hall–Kier alpha value is -2.47. The minimum absolute atomic E-state index is 0.0497. The number of primary amides is 1. The second kappa shape index (κ2) is 6.44. The minimum atomic E-state index is -0.735. The Morgan fingerprint density at radius 2 is 2.00 bits per heavy atom. The largest absolute Gasteiger partial charge is 0.367 e. The third-order valence-corrected chi connectivity index (χ3v) is 5.05. The molecule has 6 heteroatoms. The number of nitrogens with zero attached hydrogens (tertiary/aromatic N) is 2. The second-order valence-electron chi connectivity index (χ2n) is 6.65. The van der Waals surface area contributed by atoms with Crippen molar-refractivity contribution >= 4 is 22.7 Å². The number of aromatic nitrogens is 1. The normalized spacial score (nSPS) is 20.3. The van der Waals surface area contributed by atoms with Crippen molar-refractivity contribution in [2.45, 2.75) is 31.8 Å². The van der Waals surface area contributed by atoms with E-state index in [0.717, 1.165) is 53.4 Å². The average Bonchev–Trinajstić information content (AvgIpc) is 2.65. The summed E-state index contributed by atoms with van der Waals surface area (Å²) in [6.07, 6.45) is 3.22. The quantitative estimate of drug-likeness (QED) is 0.897. The molecule has 1 fully saturated rings. The predicted octanol–water partition coefficient (Wildman–Crippen LogP) is 1.44. The summed E-state index contributed by atoms with van der Waals surface area (Å²) in [5.41, 5.74) is 9.05. The van der Waals surface area contributed by atoms with Crippen molar-refractivity contribution in [2.24, 2.45) is 5.73 Å². The number of benzene rings is 1. The van der Waals surface area contributed by atoms with Crippen molar-refractivity contribution < 1.29 is 14.3 Å². The molecule has 2 aliphatic rings. The highest BCUT2D eigenvalue weighted by atomic mass is 16.5. The first-order valence-electron chi connectivity index (χ1n) is 8.76. The Bertz CT molecular complexity index is 849. The fourth-order valence-electron chi connectivity index (χ4n) is 3.78. The zero-order valence-electron chi connectivity index (χ0n) is 14.0. The van der Waals surface area contributed by atoms with Gasteiger partial charge in [-0.2, -0.15) is 0 Å². The lowest BCUT2D eigenvalue weighted by Gasteiger charge is -2.32. The van der Waals surface area contributed by atoms with E-state index in [1.165, 1.54) is 0 Å². The van der Waals surface area contributed by atoms with Gasteiger partial charge in [-0.1, -0.05) is 18.2 Å². The van der Waals surface area contributed by atoms with Crippen LogP contribution in [0.3, 0.4) is 0 Å². The fourth-order valence-corrected chi connectivity index (χ4v) is 3.78. The summed E-state index contributed by atoms with van der Waals surface area (Å²) in [5, 5.41) is 0.885. The molecule has 0 bridgehead atoms. The lowest BCUT2D eigenvalue weighted by molar-refractivity contribution is -0.133. The third kappa shape index (κ3) is 2.87. The molecule has 2 N–H and O–H groups in total. The van der Waals surface area contributed by atoms with E-state index in [9.17, 15) is 9.59 Å². The van der Waals surface area contributed by atoms with Crippen molar-refractivity contribution in [3.63, 3.8) is 0 Å². The lowest BCUT2D eigenvalue weighted by Crippen LogP contribution is -2.50. The van der Waals surface area contributed by atoms with Gasteiger partial charge in [-0.3, -0.25) is 14.6 Å². The van der Waals surface area contributed by atoms with Gasteiger partial charge in [0.2, 0.25) is 5.91 Å². The molecule has 1 aromatic heterocycles. The van der Waals surface area contributed by atoms with E-state index < -0.39 is 12.0 Å². The van der Waals surface area contributed by atoms with Gasteiger partial charge in [-0.05, 0) is 37.3 Å². The van der Waals surface area contributed by atoms with E-state index in [-0.39, 0.29) is 12.5 Å². The second-order valence-corrected chi connectivity index (χ2v) is 6.65. The summed E-state index contributed by atoms with van der Waals surface area (Å²) in [6, 6.07) is 7.78. The van der Waals surface area contributed by atoms with Crippen LogP contribution >= 0.6 is 0 Å². The molecule has 0 unspecified atom stereocenters. The molecule has 25 heavy (non-hydrogen) atoms. The molecule has 6 nitrogen and oxygen atoms in total. The van der Waals surface area contributed by atoms with Crippen molar-refractivity contribution in [1.82, 2.24) is 9.88 Å². The highest BCUT2D eigenvalue weighted by Gasteiger charge is 2.31. The summed E-state index contributed by atoms with van der Waals surface area (Å²) >= 11 is 0. The molecular weight excluding hydrogens is 318 g/mol. The molecule has 1 aliphatic heterocycles. The fraction of sp³-hybridized carbons (Fsp3) is 0.421. The number of fused-ring (bicyclic) bond motifs is 2. The van der Waals surface area contributed by atoms with Gasteiger partial charge < -0.3 is 15.4 Å². The molecule has 0 radical (unpaired) electrons. The maximum Gasteiger partial charge on any atom is 0.255 e. The molecule has 1 aromatic carbocycles. The summed E-state index contributed by atoms with van der Waals surface area (Å²) in [7, 11) is 0. The standard InChI is InChI=1S/C19H21N3O3/c20-18(23)16-11-22(9-10-25-16)19(24)17-12-5-1-3-7-14(12)21-15-8-4-2-6-13(15)17/h1,3,5,7,16H,2,4,6,8-11H2,(H2,20,23)/t16-/m0/s1. The summed E-state index contributed by atoms with van der Waals surface area (Å²) in [6.45, 7) is 0.998. The predicted molar refractivity (Wildman–Crippen MR) is 93.2 cm³/mol. The molecule has 1 saturated heterocycles. The Morgan fingerprint density at radius 1 is 1.20 bits per heavy atom. The van der Waals surface area contributed by atoms with Gasteiger partial charge in [0.15, 0.2) is 6.10 Å². The monoisotopic (exact) mass is 339 g/mol. The van der Waals surface area contributed by atoms with Crippen LogP contribution in [-0.2, 0) is 22.4 Å². The number of ether oxygens (including phenoxy) is 1. The molecule has 0 saturated carbocycles. The highest BCUT2D eigenvalue weighted by molar-refractivity contribution is 6.08. The van der Waals surface area contributed by atoms with Crippen molar-refractivity contribution in [1.29, 1.82) is 0 Å². The van der Waals surface area contributed by atoms with Gasteiger partial charge in [0.05, 0.1) is 24.2 Å². The van der Waals surface area contributed by atoms with E-state index in [1.54, 1.807) is 4.90 Å². The van der Waals surface area contributed by atoms with Crippen molar-refractivity contribution in [3.05, 3.63) is 41.1 Å². The van der Waals surface area contributed by atoms with Crippen LogP contribution in [0.1, 0.15) is 34.5 Å². The van der Waals surface area contributed by atoms with Gasteiger partial charge >= 0.3 is 0 Å². The molecule has 1 aliphatic carbocycles. The van der Waals surface area contributed by atoms with Crippen LogP contribution in [0.4, 0.5) is 0 Å². The number of para-hydroxylation sites is 1. The van der Waals surface area contributed by atoms with Gasteiger partial charge in [0.25, 0.3) is 5.91 Å². The molecule has 2 amide bonds. The number of nitrogens with two attached hydrogens (primary N) is 1. The third-order valence-electron chi connectivity index (χ3n) is 5.05. The van der Waals surface area contributed by atoms with Gasteiger partial charge in [-0.15, -0.1) is 0 Å². The maximum absolute atomic E-state index is 13.3. The average molecular weight is 339 g/mol. The molecule has 1 atom stereocenters. The Labute approximate surface area is 146 Å². The van der Waals surface area contributed by atoms with Gasteiger partial charge in [-0.25, -0.2) is 0 Å². The maximum atomic E-state index is 13.3. The zero-order valence-corrected chi connectivity index (χ0v) is 14.0. The van der Waals surface area contributed by atoms with E-state index in [2.05, 4.69) is 0 Å². The number of carbonyl (C=O) groups is 2. The Morgan fingerprint density at radius 3 is 2.84 bits per heavy atom. The summed E-state index contributed by atoms with van der Waals surface area (Å²) in [4.78, 5) is 31.3. The van der Waals surface area contributed by atoms with Crippen LogP contribution in [0.2, 0.25) is 0 Å². The number of pyridine rings is 1. The van der Waals surface area contributed by atoms with Gasteiger partial charge in [0.1, 0.15) is 0 Å². The zero-order chi connectivity index (χ0) is 17.4. The smallest absolute Gasteiger partial charge is 0.255 e. The van der Waals surface area contributed by atoms with Crippen molar-refractivity contribution in [3.8, 4) is 0 Å². The minimum Gasteiger partial charge on any atom is -0.367 e. The molecule has 130 valence electrons. The van der Waals surface area contributed by atoms with Crippen LogP contribution in [0, 0.1) is 0 Å². The summed E-state index contributed by atoms with van der Waals surface area (Å²) in [5.74, 6) is -0.578. The van der Waals surface area contributed by atoms with Crippen LogP contribution in [0.5, 0.6) is 0 Å². The van der Waals surface area contributed by atoms with E-state index >= 15 is 0 Å². The number of hydrogen-bond acceptors (Lipinski definition) is 4. The van der Waals surface area contributed by atoms with Crippen LogP contribution in [0.15, 0.2) is 24.3 Å². The molecule has 2 aromatic rings. The first kappa shape index (κ1) is 16.0. The van der Waals surface area contributed by atoms with E-state index in [4.69, 9.17) is 15.5 Å². The number of aryl methyl sites for hydroxylation is 1. The number of rotatable bonds is 2. The number of carbonyl (C=O) groups excluding carboxylic acids is 2. The van der Waals surface area contributed by atoms with Crippen LogP contribution in [0.25, 0.3) is 10.9 Å². The van der Waals surface area contributed by atoms with Crippen LogP contribution in [-0.4, -0.2) is 47.5 Å². The lowest BCUT2D eigenvalue weighted by atomic mass is 9.89. The van der Waals surface area contributed by atoms with Crippen LogP contribution < -0.4 is 5.73 Å². The molecule has 2 heterocycles. The number of morpholine rings is 1. The molecule has 0 spiro atoms.